The van der Waals surface area contributed by atoms with Crippen molar-refractivity contribution in [3.8, 4) is 0 Å². The van der Waals surface area contributed by atoms with Gasteiger partial charge in [0.1, 0.15) is 18.5 Å². The van der Waals surface area contributed by atoms with E-state index >= 15 is 0 Å². The van der Waals surface area contributed by atoms with E-state index in [1.165, 1.54) is 25.9 Å². The zero-order valence-corrected chi connectivity index (χ0v) is 21.0. The number of hydrogen-bond donors (Lipinski definition) is 2. The average Bonchev–Trinajstić information content (AvgIpc) is 2.83. The van der Waals surface area contributed by atoms with E-state index < -0.39 is 29.7 Å². The first kappa shape index (κ1) is 34.8. The Labute approximate surface area is 196 Å². The lowest BCUT2D eigenvalue weighted by Gasteiger charge is -2.26. The summed E-state index contributed by atoms with van der Waals surface area (Å²) >= 11 is 0. The smallest absolute Gasteiger partial charge is 0.319 e. The van der Waals surface area contributed by atoms with Gasteiger partial charge in [-0.05, 0) is 47.6 Å². The monoisotopic (exact) mass is 476 g/mol. The van der Waals surface area contributed by atoms with Gasteiger partial charge in [-0.1, -0.05) is 0 Å². The summed E-state index contributed by atoms with van der Waals surface area (Å²) in [6, 6.07) is 0.407. The number of aliphatic carboxylic acids is 1. The molecule has 2 N–H and O–H groups in total. The molecule has 0 aromatic carbocycles. The lowest BCUT2D eigenvalue weighted by atomic mass is 10.1. The molecule has 4 atom stereocenters. The quantitative estimate of drug-likeness (QED) is 0.237. The van der Waals surface area contributed by atoms with Crippen molar-refractivity contribution in [2.45, 2.75) is 65.5 Å². The highest BCUT2D eigenvalue weighted by Gasteiger charge is 2.27. The highest BCUT2D eigenvalue weighted by Crippen LogP contribution is 2.09. The van der Waals surface area contributed by atoms with Gasteiger partial charge in [0.2, 0.25) is 5.91 Å². The minimum Gasteiger partial charge on any atom is -0.481 e. The molecule has 0 aliphatic carbocycles. The van der Waals surface area contributed by atoms with E-state index in [9.17, 15) is 28.8 Å². The summed E-state index contributed by atoms with van der Waals surface area (Å²) < 4.78 is 8.66. The Morgan fingerprint density at radius 3 is 1.64 bits per heavy atom. The van der Waals surface area contributed by atoms with Crippen LogP contribution in [0, 0.1) is 11.8 Å². The van der Waals surface area contributed by atoms with Crippen LogP contribution in [-0.4, -0.2) is 86.8 Å². The molecule has 0 aromatic heterocycles. The number of methoxy groups -OCH3 is 2. The van der Waals surface area contributed by atoms with Crippen molar-refractivity contribution in [3.05, 3.63) is 0 Å². The van der Waals surface area contributed by atoms with Crippen LogP contribution in [0.1, 0.15) is 53.4 Å². The maximum Gasteiger partial charge on any atom is 0.319 e. The second-order valence-electron chi connectivity index (χ2n) is 7.30. The topological polar surface area (TPSA) is 156 Å². The summed E-state index contributed by atoms with van der Waals surface area (Å²) in [5.41, 5.74) is 0. The van der Waals surface area contributed by atoms with Crippen LogP contribution in [0.25, 0.3) is 0 Å². The number of nitrogens with zero attached hydrogens (tertiary/aromatic N) is 1. The number of aldehydes is 2. The average molecular weight is 477 g/mol. The highest BCUT2D eigenvalue weighted by atomic mass is 16.5. The van der Waals surface area contributed by atoms with E-state index in [0.717, 1.165) is 26.1 Å². The Bertz CT molecular complexity index is 611. The second-order valence-corrected chi connectivity index (χ2v) is 7.30. The van der Waals surface area contributed by atoms with Crippen molar-refractivity contribution in [3.63, 3.8) is 0 Å². The van der Waals surface area contributed by atoms with E-state index in [2.05, 4.69) is 21.7 Å². The first-order chi connectivity index (χ1) is 15.4. The van der Waals surface area contributed by atoms with Gasteiger partial charge in [0.25, 0.3) is 0 Å². The Morgan fingerprint density at radius 1 is 0.879 bits per heavy atom. The van der Waals surface area contributed by atoms with Crippen LogP contribution in [0.3, 0.4) is 0 Å². The largest absolute Gasteiger partial charge is 0.481 e. The molecule has 1 amide bonds. The Hall–Kier alpha value is -2.82. The first-order valence-corrected chi connectivity index (χ1v) is 10.6. The van der Waals surface area contributed by atoms with Crippen molar-refractivity contribution in [2.75, 3.05) is 28.3 Å². The molecule has 4 unspecified atom stereocenters. The maximum atomic E-state index is 11.8. The van der Waals surface area contributed by atoms with Gasteiger partial charge in [-0.3, -0.25) is 19.2 Å². The van der Waals surface area contributed by atoms with Gasteiger partial charge < -0.3 is 34.4 Å². The van der Waals surface area contributed by atoms with Crippen LogP contribution >= 0.6 is 0 Å². The van der Waals surface area contributed by atoms with E-state index in [0.29, 0.717) is 25.3 Å². The summed E-state index contributed by atoms with van der Waals surface area (Å²) in [5, 5.41) is 11.2. The van der Waals surface area contributed by atoms with E-state index in [4.69, 9.17) is 5.11 Å². The van der Waals surface area contributed by atoms with Crippen LogP contribution < -0.4 is 5.32 Å². The van der Waals surface area contributed by atoms with E-state index in [-0.39, 0.29) is 11.9 Å². The lowest BCUT2D eigenvalue weighted by molar-refractivity contribution is -0.156. The third-order valence-electron chi connectivity index (χ3n) is 4.77. The van der Waals surface area contributed by atoms with Gasteiger partial charge in [0.15, 0.2) is 5.92 Å². The molecule has 0 fully saturated rings. The van der Waals surface area contributed by atoms with E-state index in [1.807, 2.05) is 14.0 Å². The number of ether oxygens (including phenoxy) is 2. The van der Waals surface area contributed by atoms with Crippen LogP contribution in [0.2, 0.25) is 0 Å². The molecule has 0 radical (unpaired) electrons. The molecule has 0 saturated heterocycles. The number of amides is 1. The summed E-state index contributed by atoms with van der Waals surface area (Å²) in [5.74, 6) is -4.57. The van der Waals surface area contributed by atoms with Crippen molar-refractivity contribution in [2.24, 2.45) is 11.8 Å². The predicted molar refractivity (Wildman–Crippen MR) is 121 cm³/mol. The van der Waals surface area contributed by atoms with Crippen molar-refractivity contribution in [1.82, 2.24) is 10.2 Å². The minimum absolute atomic E-state index is 0.0650. The molecule has 33 heavy (non-hydrogen) atoms. The lowest BCUT2D eigenvalue weighted by Crippen LogP contribution is -2.41. The number of carbonyl (C=O) groups is 6. The molecule has 192 valence electrons. The van der Waals surface area contributed by atoms with Gasteiger partial charge in [-0.25, -0.2) is 0 Å². The molecule has 0 saturated carbocycles. The molecule has 0 spiro atoms. The summed E-state index contributed by atoms with van der Waals surface area (Å²) in [4.78, 5) is 64.8. The zero-order valence-electron chi connectivity index (χ0n) is 21.0. The number of hydrogen-bond acceptors (Lipinski definition) is 9. The molecule has 0 bridgehead atoms. The predicted octanol–water partition coefficient (Wildman–Crippen LogP) is 1.08. The number of esters is 2. The Morgan fingerprint density at radius 2 is 1.30 bits per heavy atom. The summed E-state index contributed by atoms with van der Waals surface area (Å²) in [6.45, 7) is 6.68. The molecule has 11 nitrogen and oxygen atoms in total. The van der Waals surface area contributed by atoms with Crippen LogP contribution in [0.5, 0.6) is 0 Å². The number of carboxylic acids is 1. The van der Waals surface area contributed by atoms with Crippen molar-refractivity contribution in [1.29, 1.82) is 0 Å². The minimum atomic E-state index is -1.16. The first-order valence-electron chi connectivity index (χ1n) is 10.6. The van der Waals surface area contributed by atoms with Crippen LogP contribution in [-0.2, 0) is 38.2 Å². The number of carbonyl (C=O) groups excluding carboxylic acids is 5. The molecule has 0 rings (SSSR count). The van der Waals surface area contributed by atoms with E-state index in [1.54, 1.807) is 7.05 Å². The molecule has 0 aliphatic rings. The molecule has 11 heteroatoms. The van der Waals surface area contributed by atoms with Crippen LogP contribution in [0.4, 0.5) is 0 Å². The molecular formula is C22H40N2O9. The molecule has 0 aliphatic heterocycles. The molecule has 0 aromatic rings. The van der Waals surface area contributed by atoms with Crippen molar-refractivity contribution < 1.29 is 43.3 Å². The van der Waals surface area contributed by atoms with Gasteiger partial charge >= 0.3 is 17.9 Å². The standard InChI is InChI=1S/C11H19NO4.C6H13NO.C5H8O4/c1-8(6-5-7-13)12(3)10(14)9(2)11(15)16-4;1-6(7-2)4-3-5-8;1-3(4(6)7)5(8)9-2/h7-9H,5-6H2,1-4H3;5-7H,3-4H2,1-2H3;3H,1-2H3,(H,6,7). The third kappa shape index (κ3) is 17.4. The van der Waals surface area contributed by atoms with Gasteiger partial charge in [0.05, 0.1) is 14.2 Å². The second kappa shape index (κ2) is 21.0. The number of nitrogens with one attached hydrogen (secondary N) is 1. The molecular weight excluding hydrogens is 436 g/mol. The highest BCUT2D eigenvalue weighted by molar-refractivity contribution is 5.97. The normalized spacial score (nSPS) is 13.2. The van der Waals surface area contributed by atoms with Gasteiger partial charge in [0, 0.05) is 32.0 Å². The van der Waals surface area contributed by atoms with Gasteiger partial charge in [-0.15, -0.1) is 0 Å². The number of rotatable bonds is 12. The molecule has 0 heterocycles. The van der Waals surface area contributed by atoms with Crippen LogP contribution in [0.15, 0.2) is 0 Å². The third-order valence-corrected chi connectivity index (χ3v) is 4.77. The SMILES string of the molecule is CNC(C)CCC=O.COC(=O)C(C)C(=O)N(C)C(C)CCC=O.COC(=O)C(C)C(=O)O. The summed E-state index contributed by atoms with van der Waals surface area (Å²) in [7, 11) is 5.93. The Kier molecular flexibility index (Phi) is 22.2. The fourth-order valence-electron chi connectivity index (χ4n) is 2.04. The number of carboxylic acid groups (broad SMARTS) is 1. The van der Waals surface area contributed by atoms with Gasteiger partial charge in [-0.2, -0.15) is 0 Å². The summed E-state index contributed by atoms with van der Waals surface area (Å²) in [6.07, 6.45) is 4.39. The van der Waals surface area contributed by atoms with Crippen molar-refractivity contribution >= 4 is 36.4 Å². The maximum absolute atomic E-state index is 11.8. The fraction of sp³-hybridized carbons (Fsp3) is 0.727. The fourth-order valence-corrected chi connectivity index (χ4v) is 2.04. The zero-order chi connectivity index (χ0) is 26.6. The Balaban J connectivity index is -0.000000449.